The largest absolute Gasteiger partial charge is 0.443 e. The summed E-state index contributed by atoms with van der Waals surface area (Å²) < 4.78 is 33.3. The smallest absolute Gasteiger partial charge is 0.424 e. The summed E-state index contributed by atoms with van der Waals surface area (Å²) in [7, 11) is -4.02. The molecule has 152 valence electrons. The summed E-state index contributed by atoms with van der Waals surface area (Å²) in [6.07, 6.45) is -0.451. The lowest BCUT2D eigenvalue weighted by molar-refractivity contribution is 0.0392. The molecule has 0 aromatic heterocycles. The maximum absolute atomic E-state index is 13.1. The van der Waals surface area contributed by atoms with Gasteiger partial charge in [0.2, 0.25) is 0 Å². The van der Waals surface area contributed by atoms with Crippen molar-refractivity contribution in [3.63, 3.8) is 0 Å². The van der Waals surface area contributed by atoms with E-state index in [1.807, 2.05) is 31.2 Å². The summed E-state index contributed by atoms with van der Waals surface area (Å²) in [6.45, 7) is 7.03. The number of alkyl halides is 1. The van der Waals surface area contributed by atoms with Crippen LogP contribution in [0.25, 0.3) is 0 Å². The average molecular weight is 515 g/mol. The zero-order valence-corrected chi connectivity index (χ0v) is 19.6. The molecule has 0 radical (unpaired) electrons. The highest BCUT2D eigenvalue weighted by Crippen LogP contribution is 2.21. The van der Waals surface area contributed by atoms with E-state index < -0.39 is 21.7 Å². The molecule has 0 N–H and O–H groups in total. The van der Waals surface area contributed by atoms with E-state index in [9.17, 15) is 13.2 Å². The number of amides is 1. The molecule has 2 aromatic rings. The summed E-state index contributed by atoms with van der Waals surface area (Å²) >= 11 is 2.28. The van der Waals surface area contributed by atoms with Gasteiger partial charge in [0.15, 0.2) is 0 Å². The highest BCUT2D eigenvalue weighted by molar-refractivity contribution is 14.1. The number of hydrogen-bond donors (Lipinski definition) is 0. The first-order chi connectivity index (χ1) is 13.0. The summed E-state index contributed by atoms with van der Waals surface area (Å²) in [4.78, 5) is 12.8. The number of rotatable bonds is 6. The van der Waals surface area contributed by atoms with Gasteiger partial charge in [-0.25, -0.2) is 17.5 Å². The normalized spacial score (nSPS) is 11.9. The fraction of sp³-hybridized carbons (Fsp3) is 0.381. The summed E-state index contributed by atoms with van der Waals surface area (Å²) in [6, 6.07) is 14.4. The third-order valence-corrected chi connectivity index (χ3v) is 6.62. The molecule has 0 unspecified atom stereocenters. The Morgan fingerprint density at radius 1 is 1.07 bits per heavy atom. The molecule has 5 nitrogen and oxygen atoms in total. The number of aryl methyl sites for hydroxylation is 1. The van der Waals surface area contributed by atoms with Crippen LogP contribution >= 0.6 is 22.6 Å². The number of ether oxygens (including phenoxy) is 1. The molecule has 0 heterocycles. The van der Waals surface area contributed by atoms with Crippen molar-refractivity contribution in [2.45, 2.75) is 49.0 Å². The Bertz CT molecular complexity index is 918. The van der Waals surface area contributed by atoms with Gasteiger partial charge in [-0.05, 0) is 57.4 Å². The van der Waals surface area contributed by atoms with Gasteiger partial charge in [0.1, 0.15) is 5.60 Å². The second-order valence-electron chi connectivity index (χ2n) is 7.57. The third-order valence-electron chi connectivity index (χ3n) is 3.96. The minimum atomic E-state index is -4.02. The highest BCUT2D eigenvalue weighted by atomic mass is 127. The summed E-state index contributed by atoms with van der Waals surface area (Å²) in [5.74, 6) is 0. The number of benzene rings is 2. The van der Waals surface area contributed by atoms with Crippen molar-refractivity contribution in [1.29, 1.82) is 0 Å². The molecule has 28 heavy (non-hydrogen) atoms. The van der Waals surface area contributed by atoms with Crippen molar-refractivity contribution in [3.8, 4) is 0 Å². The lowest BCUT2D eigenvalue weighted by Crippen LogP contribution is -2.42. The van der Waals surface area contributed by atoms with Gasteiger partial charge in [-0.15, -0.1) is 0 Å². The van der Waals surface area contributed by atoms with Crippen LogP contribution in [-0.4, -0.2) is 31.0 Å². The first-order valence-corrected chi connectivity index (χ1v) is 12.0. The zero-order chi connectivity index (χ0) is 20.9. The minimum absolute atomic E-state index is 0.00974. The maximum Gasteiger partial charge on any atom is 0.424 e. The second-order valence-corrected chi connectivity index (χ2v) is 10.2. The van der Waals surface area contributed by atoms with E-state index >= 15 is 0 Å². The van der Waals surface area contributed by atoms with Crippen LogP contribution in [0.15, 0.2) is 53.4 Å². The predicted octanol–water partition coefficient (Wildman–Crippen LogP) is 5.10. The SMILES string of the molecule is Cc1ccc(S(=O)(=O)N(CCc2cccc(CI)c2)C(=O)OC(C)(C)C)cc1. The Morgan fingerprint density at radius 2 is 1.68 bits per heavy atom. The molecular formula is C21H26INO4S. The van der Waals surface area contributed by atoms with Crippen molar-refractivity contribution in [3.05, 3.63) is 65.2 Å². The molecule has 0 aliphatic carbocycles. The van der Waals surface area contributed by atoms with E-state index in [4.69, 9.17) is 4.74 Å². The van der Waals surface area contributed by atoms with E-state index in [-0.39, 0.29) is 11.4 Å². The quantitative estimate of drug-likeness (QED) is 0.397. The zero-order valence-electron chi connectivity index (χ0n) is 16.6. The Labute approximate surface area is 181 Å². The van der Waals surface area contributed by atoms with Gasteiger partial charge >= 0.3 is 6.09 Å². The minimum Gasteiger partial charge on any atom is -0.443 e. The number of carbonyl (C=O) groups excluding carboxylic acids is 1. The van der Waals surface area contributed by atoms with Crippen molar-refractivity contribution in [2.24, 2.45) is 0 Å². The molecule has 1 amide bonds. The van der Waals surface area contributed by atoms with E-state index in [1.165, 1.54) is 12.1 Å². The van der Waals surface area contributed by atoms with Crippen molar-refractivity contribution < 1.29 is 17.9 Å². The van der Waals surface area contributed by atoms with Crippen LogP contribution in [-0.2, 0) is 25.6 Å². The van der Waals surface area contributed by atoms with Gasteiger partial charge in [-0.3, -0.25) is 0 Å². The van der Waals surface area contributed by atoms with Gasteiger partial charge in [0, 0.05) is 11.0 Å². The standard InChI is InChI=1S/C21H26INO4S/c1-16-8-10-19(11-9-16)28(25,26)23(20(24)27-21(2,3)4)13-12-17-6-5-7-18(14-17)15-22/h5-11,14H,12-13,15H2,1-4H3. The van der Waals surface area contributed by atoms with Crippen molar-refractivity contribution in [2.75, 3.05) is 6.54 Å². The van der Waals surface area contributed by atoms with E-state index in [2.05, 4.69) is 22.6 Å². The number of sulfonamides is 1. The van der Waals surface area contributed by atoms with Crippen LogP contribution in [0.2, 0.25) is 0 Å². The summed E-state index contributed by atoms with van der Waals surface area (Å²) in [5, 5.41) is 0. The Hall–Kier alpha value is -1.61. The van der Waals surface area contributed by atoms with Crippen LogP contribution < -0.4 is 0 Å². The van der Waals surface area contributed by atoms with Crippen LogP contribution in [0.4, 0.5) is 4.79 Å². The van der Waals surface area contributed by atoms with Gasteiger partial charge < -0.3 is 4.74 Å². The molecule has 0 aliphatic rings. The van der Waals surface area contributed by atoms with E-state index in [1.54, 1.807) is 32.9 Å². The molecule has 2 rings (SSSR count). The Balaban J connectivity index is 2.33. The van der Waals surface area contributed by atoms with Crippen molar-refractivity contribution >= 4 is 38.7 Å². The first kappa shape index (κ1) is 22.7. The maximum atomic E-state index is 13.1. The Kier molecular flexibility index (Phi) is 7.50. The van der Waals surface area contributed by atoms with E-state index in [0.717, 1.165) is 25.4 Å². The fourth-order valence-electron chi connectivity index (χ4n) is 2.56. The van der Waals surface area contributed by atoms with Gasteiger partial charge in [-0.2, -0.15) is 0 Å². The molecule has 0 atom stereocenters. The van der Waals surface area contributed by atoms with Crippen LogP contribution in [0.1, 0.15) is 37.5 Å². The van der Waals surface area contributed by atoms with Crippen LogP contribution in [0.3, 0.4) is 0 Å². The fourth-order valence-corrected chi connectivity index (χ4v) is 4.33. The average Bonchev–Trinajstić information content (AvgIpc) is 2.60. The van der Waals surface area contributed by atoms with Crippen LogP contribution in [0, 0.1) is 6.92 Å². The summed E-state index contributed by atoms with van der Waals surface area (Å²) in [5.41, 5.74) is 2.28. The monoisotopic (exact) mass is 515 g/mol. The topological polar surface area (TPSA) is 63.7 Å². The van der Waals surface area contributed by atoms with Crippen LogP contribution in [0.5, 0.6) is 0 Å². The lowest BCUT2D eigenvalue weighted by Gasteiger charge is -2.27. The van der Waals surface area contributed by atoms with Gasteiger partial charge in [0.05, 0.1) is 4.90 Å². The number of nitrogens with zero attached hydrogens (tertiary/aromatic N) is 1. The molecule has 0 saturated heterocycles. The second kappa shape index (κ2) is 9.26. The number of halogens is 1. The molecule has 0 fully saturated rings. The molecule has 2 aromatic carbocycles. The molecule has 0 bridgehead atoms. The molecule has 0 aliphatic heterocycles. The van der Waals surface area contributed by atoms with Gasteiger partial charge in [-0.1, -0.05) is 64.6 Å². The lowest BCUT2D eigenvalue weighted by atomic mass is 10.1. The molecule has 7 heteroatoms. The number of carbonyl (C=O) groups is 1. The molecule has 0 saturated carbocycles. The Morgan fingerprint density at radius 3 is 2.25 bits per heavy atom. The first-order valence-electron chi connectivity index (χ1n) is 8.99. The van der Waals surface area contributed by atoms with E-state index in [0.29, 0.717) is 6.42 Å². The number of hydrogen-bond acceptors (Lipinski definition) is 4. The van der Waals surface area contributed by atoms with Crippen molar-refractivity contribution in [1.82, 2.24) is 4.31 Å². The molecule has 0 spiro atoms. The molecular weight excluding hydrogens is 489 g/mol. The predicted molar refractivity (Wildman–Crippen MR) is 119 cm³/mol. The third kappa shape index (κ3) is 6.20. The highest BCUT2D eigenvalue weighted by Gasteiger charge is 2.32. The van der Waals surface area contributed by atoms with Gasteiger partial charge in [0.25, 0.3) is 10.0 Å².